The Morgan fingerprint density at radius 2 is 1.73 bits per heavy atom. The lowest BCUT2D eigenvalue weighted by Crippen LogP contribution is -1.93. The molecule has 0 bridgehead atoms. The Bertz CT molecular complexity index is 255. The van der Waals surface area contributed by atoms with E-state index in [4.69, 9.17) is 0 Å². The van der Waals surface area contributed by atoms with E-state index in [-0.39, 0.29) is 0 Å². The van der Waals surface area contributed by atoms with Gasteiger partial charge in [0.1, 0.15) is 0 Å². The van der Waals surface area contributed by atoms with Crippen molar-refractivity contribution in [3.8, 4) is 0 Å². The molecule has 1 rings (SSSR count). The van der Waals surface area contributed by atoms with Crippen molar-refractivity contribution in [3.05, 3.63) is 17.0 Å². The Morgan fingerprint density at radius 3 is 2.33 bits per heavy atom. The molecule has 0 aliphatic rings. The molecule has 1 aromatic heterocycles. The first-order valence-electron chi connectivity index (χ1n) is 6.10. The van der Waals surface area contributed by atoms with Crippen molar-refractivity contribution in [3.63, 3.8) is 0 Å². The minimum absolute atomic E-state index is 1.21. The highest BCUT2D eigenvalue weighted by Gasteiger charge is 1.99. The highest BCUT2D eigenvalue weighted by molar-refractivity contribution is 7.43. The largest absolute Gasteiger partial charge is 0.143 e. The third-order valence-corrected chi connectivity index (χ3v) is 4.13. The van der Waals surface area contributed by atoms with E-state index in [1.807, 2.05) is 0 Å². The first-order chi connectivity index (χ1) is 7.34. The van der Waals surface area contributed by atoms with Crippen LogP contribution < -0.4 is 4.62 Å². The molecule has 0 spiro atoms. The van der Waals surface area contributed by atoms with Gasteiger partial charge in [-0.2, -0.15) is 0 Å². The van der Waals surface area contributed by atoms with Gasteiger partial charge in [-0.3, -0.25) is 0 Å². The van der Waals surface area contributed by atoms with Gasteiger partial charge >= 0.3 is 0 Å². The lowest BCUT2D eigenvalue weighted by atomic mass is 10.1. The highest BCUT2D eigenvalue weighted by atomic mass is 32.1. The predicted octanol–water partition coefficient (Wildman–Crippen LogP) is 5.08. The van der Waals surface area contributed by atoms with Crippen molar-refractivity contribution in [1.82, 2.24) is 0 Å². The van der Waals surface area contributed by atoms with Gasteiger partial charge in [-0.05, 0) is 29.9 Å². The Morgan fingerprint density at radius 1 is 1.07 bits per heavy atom. The van der Waals surface area contributed by atoms with Gasteiger partial charge in [0, 0.05) is 13.9 Å². The summed E-state index contributed by atoms with van der Waals surface area (Å²) in [5.74, 6) is 0. The second kappa shape index (κ2) is 8.30. The Labute approximate surface area is 101 Å². The Kier molecular flexibility index (Phi) is 7.30. The average molecular weight is 240 g/mol. The normalized spacial score (nSPS) is 10.8. The number of unbranched alkanes of at least 4 members (excludes halogenated alkanes) is 6. The summed E-state index contributed by atoms with van der Waals surface area (Å²) in [5, 5.41) is 2.14. The number of hydrogen-bond acceptors (Lipinski definition) is 1. The zero-order valence-corrected chi connectivity index (χ0v) is 11.4. The lowest BCUT2D eigenvalue weighted by Gasteiger charge is -2.01. The molecule has 0 atom stereocenters. The number of thiophene rings is 1. The van der Waals surface area contributed by atoms with E-state index in [2.05, 4.69) is 27.6 Å². The van der Waals surface area contributed by atoms with Gasteiger partial charge in [0.2, 0.25) is 0 Å². The average Bonchev–Trinajstić information content (AvgIpc) is 2.63. The first kappa shape index (κ1) is 13.2. The minimum atomic E-state index is 1.21. The topological polar surface area (TPSA) is 0 Å². The Balaban J connectivity index is 1.96. The maximum Gasteiger partial charge on any atom is 0.0411 e. The van der Waals surface area contributed by atoms with Gasteiger partial charge < -0.3 is 0 Å². The quantitative estimate of drug-likeness (QED) is 0.439. The van der Waals surface area contributed by atoms with Gasteiger partial charge in [0.25, 0.3) is 0 Å². The fourth-order valence-electron chi connectivity index (χ4n) is 1.79. The molecule has 0 saturated carbocycles. The van der Waals surface area contributed by atoms with Crippen molar-refractivity contribution < 1.29 is 0 Å². The first-order valence-corrected chi connectivity index (χ1v) is 7.42. The third kappa shape index (κ3) is 5.68. The summed E-state index contributed by atoms with van der Waals surface area (Å²) in [7, 11) is 4.44. The van der Waals surface area contributed by atoms with Crippen LogP contribution in [0.25, 0.3) is 0 Å². The molecule has 0 saturated heterocycles. The molecule has 0 unspecified atom stereocenters. The summed E-state index contributed by atoms with van der Waals surface area (Å²) in [6, 6.07) is 2.21. The lowest BCUT2D eigenvalue weighted by molar-refractivity contribution is 0.590. The molecule has 15 heavy (non-hydrogen) atoms. The van der Waals surface area contributed by atoms with Crippen molar-refractivity contribution in [1.29, 1.82) is 0 Å². The van der Waals surface area contributed by atoms with E-state index in [0.29, 0.717) is 0 Å². The summed E-state index contributed by atoms with van der Waals surface area (Å²) < 4.78 is 1.21. The number of aryl methyl sites for hydroxylation is 1. The molecule has 0 fully saturated rings. The van der Waals surface area contributed by atoms with Gasteiger partial charge in [-0.25, -0.2) is 0 Å². The molecule has 0 aliphatic carbocycles. The zero-order chi connectivity index (χ0) is 10.9. The van der Waals surface area contributed by atoms with Crippen molar-refractivity contribution in [2.24, 2.45) is 0 Å². The van der Waals surface area contributed by atoms with Crippen LogP contribution in [0.5, 0.6) is 0 Å². The van der Waals surface area contributed by atoms with Crippen LogP contribution in [0, 0.1) is 0 Å². The monoisotopic (exact) mass is 240 g/mol. The summed E-state index contributed by atoms with van der Waals surface area (Å²) in [6.07, 6.45) is 10.9. The molecule has 0 nitrogen and oxygen atoms in total. The summed E-state index contributed by atoms with van der Waals surface area (Å²) in [6.45, 7) is 2.27. The van der Waals surface area contributed by atoms with E-state index in [1.165, 1.54) is 61.5 Å². The van der Waals surface area contributed by atoms with Crippen LogP contribution in [0.3, 0.4) is 0 Å². The third-order valence-electron chi connectivity index (χ3n) is 2.77. The van der Waals surface area contributed by atoms with E-state index in [1.54, 1.807) is 11.3 Å². The van der Waals surface area contributed by atoms with Crippen LogP contribution in [0.2, 0.25) is 0 Å². The Hall–Kier alpha value is 0.130. The van der Waals surface area contributed by atoms with Gasteiger partial charge in [-0.15, -0.1) is 11.3 Å². The van der Waals surface area contributed by atoms with Crippen LogP contribution in [-0.4, -0.2) is 0 Å². The molecule has 1 heterocycles. The van der Waals surface area contributed by atoms with Crippen LogP contribution in [0.15, 0.2) is 11.4 Å². The van der Waals surface area contributed by atoms with Crippen molar-refractivity contribution >= 4 is 25.2 Å². The van der Waals surface area contributed by atoms with E-state index < -0.39 is 0 Å². The van der Waals surface area contributed by atoms with Crippen LogP contribution in [0.1, 0.15) is 57.4 Å². The predicted molar refractivity (Wildman–Crippen MR) is 72.6 cm³/mol. The van der Waals surface area contributed by atoms with E-state index >= 15 is 0 Å². The van der Waals surface area contributed by atoms with E-state index in [9.17, 15) is 0 Å². The van der Waals surface area contributed by atoms with Gasteiger partial charge in [-0.1, -0.05) is 45.4 Å². The molecular weight excluding hydrogens is 219 g/mol. The molecule has 0 N–H and O–H groups in total. The van der Waals surface area contributed by atoms with Crippen LogP contribution in [0.4, 0.5) is 0 Å². The second-order valence-corrected chi connectivity index (χ2v) is 5.79. The van der Waals surface area contributed by atoms with Gasteiger partial charge in [0.05, 0.1) is 0 Å². The summed E-state index contributed by atoms with van der Waals surface area (Å²) in [5.41, 5.74) is 1.44. The van der Waals surface area contributed by atoms with E-state index in [0.717, 1.165) is 0 Å². The highest BCUT2D eigenvalue weighted by Crippen LogP contribution is 2.13. The molecule has 0 aliphatic heterocycles. The number of rotatable bonds is 8. The van der Waals surface area contributed by atoms with Crippen molar-refractivity contribution in [2.75, 3.05) is 0 Å². The standard InChI is InChI=1S/C13H21PS/c1-2-3-4-5-6-7-8-9-12-10-11-15-13(12)14/h10-11H,2-9H2,1H3. The molecule has 2 radical (unpaired) electrons. The summed E-state index contributed by atoms with van der Waals surface area (Å²) >= 11 is 1.74. The minimum Gasteiger partial charge on any atom is -0.143 e. The maximum atomic E-state index is 4.44. The number of hydrogen-bond donors (Lipinski definition) is 0. The molecule has 2 heteroatoms. The molecule has 0 aromatic carbocycles. The SMILES string of the molecule is CCCCCCCCCc1ccsc1[P]. The van der Waals surface area contributed by atoms with Gasteiger partial charge in [0.15, 0.2) is 0 Å². The fraction of sp³-hybridized carbons (Fsp3) is 0.692. The second-order valence-electron chi connectivity index (χ2n) is 4.12. The maximum absolute atomic E-state index is 4.44. The van der Waals surface area contributed by atoms with Crippen LogP contribution >= 0.6 is 20.6 Å². The fourth-order valence-corrected chi connectivity index (χ4v) is 2.84. The zero-order valence-electron chi connectivity index (χ0n) is 9.67. The molecule has 0 amide bonds. The van der Waals surface area contributed by atoms with Crippen molar-refractivity contribution in [2.45, 2.75) is 58.3 Å². The summed E-state index contributed by atoms with van der Waals surface area (Å²) in [4.78, 5) is 0. The molecular formula is C13H21PS. The molecule has 1 aromatic rings. The molecule has 84 valence electrons. The smallest absolute Gasteiger partial charge is 0.0411 e. The van der Waals surface area contributed by atoms with Crippen LogP contribution in [-0.2, 0) is 6.42 Å².